The van der Waals surface area contributed by atoms with Crippen LogP contribution in [0.15, 0.2) is 0 Å². The van der Waals surface area contributed by atoms with Crippen molar-refractivity contribution in [1.82, 2.24) is 5.32 Å². The smallest absolute Gasteiger partial charge is 0.347 e. The lowest BCUT2D eigenvalue weighted by atomic mass is 9.67. The maximum Gasteiger partial charge on any atom is 0.383 e. The molecule has 19 heavy (non-hydrogen) atoms. The molecule has 110 valence electrons. The number of carbonyl (C=O) groups is 1. The van der Waals surface area contributed by atoms with Crippen molar-refractivity contribution in [3.8, 4) is 0 Å². The van der Waals surface area contributed by atoms with Gasteiger partial charge in [0.2, 0.25) is 0 Å². The monoisotopic (exact) mass is 282 g/mol. The highest BCUT2D eigenvalue weighted by atomic mass is 19.3. The van der Waals surface area contributed by atoms with E-state index in [1.54, 1.807) is 0 Å². The van der Waals surface area contributed by atoms with E-state index in [4.69, 9.17) is 5.73 Å². The summed E-state index contributed by atoms with van der Waals surface area (Å²) in [5.74, 6) is -6.42. The molecule has 7 heteroatoms. The summed E-state index contributed by atoms with van der Waals surface area (Å²) in [7, 11) is 0. The van der Waals surface area contributed by atoms with Crippen molar-refractivity contribution in [2.45, 2.75) is 56.5 Å². The fourth-order valence-corrected chi connectivity index (χ4v) is 3.37. The molecule has 0 spiro atoms. The Labute approximate surface area is 108 Å². The highest BCUT2D eigenvalue weighted by Crippen LogP contribution is 2.40. The predicted octanol–water partition coefficient (Wildman–Crippen LogP) is 1.91. The molecule has 0 aromatic rings. The van der Waals surface area contributed by atoms with Gasteiger partial charge in [-0.15, -0.1) is 0 Å². The van der Waals surface area contributed by atoms with E-state index in [0.29, 0.717) is 12.8 Å². The van der Waals surface area contributed by atoms with E-state index in [0.717, 1.165) is 19.3 Å². The molecular formula is C12H18F4N2O. The Balaban J connectivity index is 2.04. The molecule has 2 saturated carbocycles. The molecule has 2 rings (SSSR count). The van der Waals surface area contributed by atoms with E-state index in [9.17, 15) is 22.4 Å². The number of fused-ring (bicyclic) bond motifs is 2. The van der Waals surface area contributed by atoms with Crippen molar-refractivity contribution in [1.29, 1.82) is 0 Å². The molecule has 2 unspecified atom stereocenters. The maximum absolute atomic E-state index is 13.0. The Morgan fingerprint density at radius 1 is 1.21 bits per heavy atom. The summed E-state index contributed by atoms with van der Waals surface area (Å²) in [6, 6.07) is -0.426. The van der Waals surface area contributed by atoms with Crippen molar-refractivity contribution < 1.29 is 22.4 Å². The molecule has 0 aromatic carbocycles. The van der Waals surface area contributed by atoms with Gasteiger partial charge >= 0.3 is 12.3 Å². The van der Waals surface area contributed by atoms with Gasteiger partial charge in [-0.05, 0) is 37.5 Å². The number of alkyl halides is 4. The van der Waals surface area contributed by atoms with Gasteiger partial charge in [-0.25, -0.2) is 8.78 Å². The molecule has 3 nitrogen and oxygen atoms in total. The summed E-state index contributed by atoms with van der Waals surface area (Å²) in [6.07, 6.45) is -0.0911. The van der Waals surface area contributed by atoms with E-state index >= 15 is 0 Å². The molecule has 2 bridgehead atoms. The molecule has 2 fully saturated rings. The number of carbonyl (C=O) groups excluding carboxylic acids is 1. The topological polar surface area (TPSA) is 55.1 Å². The molecule has 2 atom stereocenters. The number of hydrogen-bond donors (Lipinski definition) is 2. The standard InChI is InChI=1S/C12H18F4N2O/c13-10(14)12(15,16)11(19)18-9-6-2-1-3-7(9)5-8(17)4-6/h6-10H,1-5,17H2,(H,18,19). The summed E-state index contributed by atoms with van der Waals surface area (Å²) in [4.78, 5) is 11.3. The number of amides is 1. The van der Waals surface area contributed by atoms with Crippen LogP contribution in [-0.4, -0.2) is 30.3 Å². The van der Waals surface area contributed by atoms with Crippen LogP contribution >= 0.6 is 0 Å². The fourth-order valence-electron chi connectivity index (χ4n) is 3.37. The first-order chi connectivity index (χ1) is 8.82. The predicted molar refractivity (Wildman–Crippen MR) is 60.9 cm³/mol. The summed E-state index contributed by atoms with van der Waals surface area (Å²) < 4.78 is 50.2. The lowest BCUT2D eigenvalue weighted by Gasteiger charge is -2.45. The van der Waals surface area contributed by atoms with E-state index < -0.39 is 24.3 Å². The van der Waals surface area contributed by atoms with Gasteiger partial charge in [0, 0.05) is 12.1 Å². The zero-order valence-corrected chi connectivity index (χ0v) is 10.4. The average molecular weight is 282 g/mol. The number of nitrogens with one attached hydrogen (secondary N) is 1. The molecule has 1 amide bonds. The second kappa shape index (κ2) is 5.26. The largest absolute Gasteiger partial charge is 0.383 e. The maximum atomic E-state index is 13.0. The van der Waals surface area contributed by atoms with Crippen LogP contribution in [0.4, 0.5) is 17.6 Å². The van der Waals surface area contributed by atoms with Gasteiger partial charge in [0.15, 0.2) is 0 Å². The van der Waals surface area contributed by atoms with Crippen LogP contribution in [0.2, 0.25) is 0 Å². The molecule has 2 aliphatic carbocycles. The Bertz CT molecular complexity index is 337. The SMILES string of the molecule is NC1CC2CCCC(C1)C2NC(=O)C(F)(F)C(F)F. The summed E-state index contributed by atoms with van der Waals surface area (Å²) >= 11 is 0. The van der Waals surface area contributed by atoms with E-state index in [1.165, 1.54) is 0 Å². The molecule has 3 N–H and O–H groups in total. The van der Waals surface area contributed by atoms with Crippen LogP contribution in [0, 0.1) is 11.8 Å². The number of rotatable bonds is 3. The first kappa shape index (κ1) is 14.6. The van der Waals surface area contributed by atoms with Gasteiger partial charge in [-0.2, -0.15) is 8.78 Å². The van der Waals surface area contributed by atoms with Gasteiger partial charge < -0.3 is 11.1 Å². The third-order valence-corrected chi connectivity index (χ3v) is 4.25. The van der Waals surface area contributed by atoms with Crippen LogP contribution < -0.4 is 11.1 Å². The molecule has 0 saturated heterocycles. The summed E-state index contributed by atoms with van der Waals surface area (Å²) in [6.45, 7) is 0. The van der Waals surface area contributed by atoms with Crippen molar-refractivity contribution in [3.05, 3.63) is 0 Å². The van der Waals surface area contributed by atoms with Gasteiger partial charge in [-0.1, -0.05) is 6.42 Å². The van der Waals surface area contributed by atoms with Gasteiger partial charge in [0.25, 0.3) is 5.91 Å². The molecule has 2 aliphatic rings. The van der Waals surface area contributed by atoms with Crippen molar-refractivity contribution in [2.75, 3.05) is 0 Å². The third kappa shape index (κ3) is 2.85. The normalized spacial score (nSPS) is 35.3. The Hall–Kier alpha value is -0.850. The second-order valence-electron chi connectivity index (χ2n) is 5.61. The highest BCUT2D eigenvalue weighted by molar-refractivity contribution is 5.84. The third-order valence-electron chi connectivity index (χ3n) is 4.25. The summed E-state index contributed by atoms with van der Waals surface area (Å²) in [5, 5.41) is 2.14. The Kier molecular flexibility index (Phi) is 4.03. The number of hydrogen-bond acceptors (Lipinski definition) is 2. The quantitative estimate of drug-likeness (QED) is 0.777. The first-order valence-corrected chi connectivity index (χ1v) is 6.55. The fraction of sp³-hybridized carbons (Fsp3) is 0.917. The van der Waals surface area contributed by atoms with Crippen LogP contribution in [0.1, 0.15) is 32.1 Å². The Morgan fingerprint density at radius 2 is 1.74 bits per heavy atom. The molecule has 0 aliphatic heterocycles. The zero-order valence-electron chi connectivity index (χ0n) is 10.4. The lowest BCUT2D eigenvalue weighted by molar-refractivity contribution is -0.171. The van der Waals surface area contributed by atoms with Crippen molar-refractivity contribution in [2.24, 2.45) is 17.6 Å². The molecule has 0 radical (unpaired) electrons. The first-order valence-electron chi connectivity index (χ1n) is 6.55. The molecule has 0 aromatic heterocycles. The second-order valence-corrected chi connectivity index (χ2v) is 5.61. The lowest BCUT2D eigenvalue weighted by Crippen LogP contribution is -2.57. The summed E-state index contributed by atoms with van der Waals surface area (Å²) in [5.41, 5.74) is 5.87. The molecule has 0 heterocycles. The highest BCUT2D eigenvalue weighted by Gasteiger charge is 2.51. The minimum Gasteiger partial charge on any atom is -0.347 e. The van der Waals surface area contributed by atoms with Gasteiger partial charge in [0.1, 0.15) is 0 Å². The zero-order chi connectivity index (χ0) is 14.2. The van der Waals surface area contributed by atoms with E-state index in [2.05, 4.69) is 5.32 Å². The average Bonchev–Trinajstić information content (AvgIpc) is 2.29. The Morgan fingerprint density at radius 3 is 2.21 bits per heavy atom. The van der Waals surface area contributed by atoms with Gasteiger partial charge in [0.05, 0.1) is 0 Å². The van der Waals surface area contributed by atoms with Crippen LogP contribution in [0.5, 0.6) is 0 Å². The van der Waals surface area contributed by atoms with Crippen LogP contribution in [0.3, 0.4) is 0 Å². The molecular weight excluding hydrogens is 264 g/mol. The minimum absolute atomic E-state index is 0.0130. The van der Waals surface area contributed by atoms with Gasteiger partial charge in [-0.3, -0.25) is 4.79 Å². The van der Waals surface area contributed by atoms with Crippen molar-refractivity contribution >= 4 is 5.91 Å². The number of halogens is 4. The van der Waals surface area contributed by atoms with Crippen LogP contribution in [0.25, 0.3) is 0 Å². The van der Waals surface area contributed by atoms with E-state index in [-0.39, 0.29) is 17.9 Å². The van der Waals surface area contributed by atoms with Crippen molar-refractivity contribution in [3.63, 3.8) is 0 Å². The minimum atomic E-state index is -4.62. The van der Waals surface area contributed by atoms with E-state index in [1.807, 2.05) is 0 Å². The van der Waals surface area contributed by atoms with Crippen LogP contribution in [-0.2, 0) is 4.79 Å². The number of nitrogens with two attached hydrogens (primary N) is 1.